The Kier molecular flexibility index (Phi) is 3.75. The Morgan fingerprint density at radius 3 is 2.32 bits per heavy atom. The molecule has 0 radical (unpaired) electrons. The van der Waals surface area contributed by atoms with Crippen LogP contribution >= 0.6 is 0 Å². The highest BCUT2D eigenvalue weighted by molar-refractivity contribution is 5.79. The maximum atomic E-state index is 13.1. The highest BCUT2D eigenvalue weighted by Crippen LogP contribution is 2.21. The lowest BCUT2D eigenvalue weighted by molar-refractivity contribution is -0.138. The zero-order valence-electron chi connectivity index (χ0n) is 9.81. The lowest BCUT2D eigenvalue weighted by Crippen LogP contribution is -2.20. The van der Waals surface area contributed by atoms with E-state index in [1.54, 1.807) is 0 Å². The molecular formula is C14H11F2NO2. The molecule has 0 bridgehead atoms. The van der Waals surface area contributed by atoms with E-state index in [-0.39, 0.29) is 5.56 Å². The summed E-state index contributed by atoms with van der Waals surface area (Å²) in [5, 5.41) is 11.9. The highest BCUT2D eigenvalue weighted by Gasteiger charge is 2.19. The summed E-state index contributed by atoms with van der Waals surface area (Å²) in [7, 11) is 0. The lowest BCUT2D eigenvalue weighted by atomic mass is 10.1. The summed E-state index contributed by atoms with van der Waals surface area (Å²) in [5.74, 6) is -2.07. The van der Waals surface area contributed by atoms with Crippen LogP contribution in [0.15, 0.2) is 48.5 Å². The van der Waals surface area contributed by atoms with E-state index in [0.717, 1.165) is 6.07 Å². The Hall–Kier alpha value is -2.43. The number of carboxylic acid groups (broad SMARTS) is 1. The van der Waals surface area contributed by atoms with Crippen LogP contribution in [0.1, 0.15) is 11.6 Å². The molecule has 0 spiro atoms. The van der Waals surface area contributed by atoms with E-state index in [9.17, 15) is 18.7 Å². The van der Waals surface area contributed by atoms with Crippen LogP contribution in [0.4, 0.5) is 14.5 Å². The topological polar surface area (TPSA) is 49.3 Å². The molecule has 98 valence electrons. The summed E-state index contributed by atoms with van der Waals surface area (Å²) in [5.41, 5.74) is 0.731. The van der Waals surface area contributed by atoms with Gasteiger partial charge in [0, 0.05) is 5.69 Å². The molecule has 0 aliphatic rings. The first-order valence-corrected chi connectivity index (χ1v) is 5.56. The van der Waals surface area contributed by atoms with E-state index in [2.05, 4.69) is 5.32 Å². The Bertz CT molecular complexity index is 584. The zero-order valence-corrected chi connectivity index (χ0v) is 9.81. The first-order chi connectivity index (χ1) is 9.06. The summed E-state index contributed by atoms with van der Waals surface area (Å²) in [6.45, 7) is 0. The molecule has 0 heterocycles. The third-order valence-corrected chi connectivity index (χ3v) is 2.58. The van der Waals surface area contributed by atoms with Crippen LogP contribution < -0.4 is 5.32 Å². The summed E-state index contributed by atoms with van der Waals surface area (Å²) in [4.78, 5) is 11.2. The van der Waals surface area contributed by atoms with Crippen molar-refractivity contribution in [2.75, 3.05) is 5.32 Å². The molecule has 0 aliphatic heterocycles. The molecule has 5 heteroatoms. The Morgan fingerprint density at radius 1 is 1.05 bits per heavy atom. The van der Waals surface area contributed by atoms with Crippen LogP contribution in [0.3, 0.4) is 0 Å². The molecule has 0 amide bonds. The van der Waals surface area contributed by atoms with Gasteiger partial charge in [-0.05, 0) is 42.0 Å². The van der Waals surface area contributed by atoms with Crippen molar-refractivity contribution in [1.82, 2.24) is 0 Å². The SMILES string of the molecule is O=C(O)C(Nc1ccc(F)cc1)c1cccc(F)c1. The maximum Gasteiger partial charge on any atom is 0.330 e. The normalized spacial score (nSPS) is 11.9. The van der Waals surface area contributed by atoms with Gasteiger partial charge in [-0.2, -0.15) is 0 Å². The smallest absolute Gasteiger partial charge is 0.330 e. The largest absolute Gasteiger partial charge is 0.479 e. The maximum absolute atomic E-state index is 13.1. The summed E-state index contributed by atoms with van der Waals surface area (Å²) in [6, 6.07) is 9.51. The van der Waals surface area contributed by atoms with E-state index >= 15 is 0 Å². The Balaban J connectivity index is 2.26. The molecule has 1 atom stereocenters. The standard InChI is InChI=1S/C14H11F2NO2/c15-10-4-6-12(7-5-10)17-13(14(18)19)9-2-1-3-11(16)8-9/h1-8,13,17H,(H,18,19). The van der Waals surface area contributed by atoms with Crippen LogP contribution in [0, 0.1) is 11.6 Å². The van der Waals surface area contributed by atoms with Gasteiger partial charge in [0.05, 0.1) is 0 Å². The molecule has 0 saturated carbocycles. The predicted octanol–water partition coefficient (Wildman–Crippen LogP) is 3.20. The van der Waals surface area contributed by atoms with E-state index in [1.165, 1.54) is 42.5 Å². The summed E-state index contributed by atoms with van der Waals surface area (Å²) >= 11 is 0. The third kappa shape index (κ3) is 3.28. The van der Waals surface area contributed by atoms with Crippen LogP contribution in [0.25, 0.3) is 0 Å². The number of carbonyl (C=O) groups is 1. The number of nitrogens with one attached hydrogen (secondary N) is 1. The van der Waals surface area contributed by atoms with Gasteiger partial charge in [0.15, 0.2) is 6.04 Å². The van der Waals surface area contributed by atoms with Crippen molar-refractivity contribution < 1.29 is 18.7 Å². The van der Waals surface area contributed by atoms with Gasteiger partial charge in [-0.15, -0.1) is 0 Å². The highest BCUT2D eigenvalue weighted by atomic mass is 19.1. The molecular weight excluding hydrogens is 252 g/mol. The molecule has 3 nitrogen and oxygen atoms in total. The second-order valence-corrected chi connectivity index (χ2v) is 3.98. The van der Waals surface area contributed by atoms with E-state index in [1.807, 2.05) is 0 Å². The molecule has 1 unspecified atom stereocenters. The summed E-state index contributed by atoms with van der Waals surface area (Å²) < 4.78 is 25.9. The Morgan fingerprint density at radius 2 is 1.74 bits per heavy atom. The number of rotatable bonds is 4. The fourth-order valence-electron chi connectivity index (χ4n) is 1.69. The molecule has 0 saturated heterocycles. The number of hydrogen-bond acceptors (Lipinski definition) is 2. The van der Waals surface area contributed by atoms with Crippen molar-refractivity contribution in [1.29, 1.82) is 0 Å². The molecule has 2 rings (SSSR count). The third-order valence-electron chi connectivity index (χ3n) is 2.58. The number of benzene rings is 2. The average molecular weight is 263 g/mol. The zero-order chi connectivity index (χ0) is 13.8. The molecule has 19 heavy (non-hydrogen) atoms. The van der Waals surface area contributed by atoms with Crippen molar-refractivity contribution in [2.24, 2.45) is 0 Å². The molecule has 0 aromatic heterocycles. The van der Waals surface area contributed by atoms with E-state index < -0.39 is 23.6 Å². The number of aliphatic carboxylic acids is 1. The minimum absolute atomic E-state index is 0.289. The van der Waals surface area contributed by atoms with E-state index in [0.29, 0.717) is 5.69 Å². The monoisotopic (exact) mass is 263 g/mol. The van der Waals surface area contributed by atoms with Gasteiger partial charge in [0.2, 0.25) is 0 Å². The van der Waals surface area contributed by atoms with Crippen LogP contribution in [0.2, 0.25) is 0 Å². The minimum Gasteiger partial charge on any atom is -0.479 e. The van der Waals surface area contributed by atoms with Gasteiger partial charge in [-0.25, -0.2) is 13.6 Å². The van der Waals surface area contributed by atoms with Crippen molar-refractivity contribution in [2.45, 2.75) is 6.04 Å². The van der Waals surface area contributed by atoms with Crippen molar-refractivity contribution in [3.05, 3.63) is 65.7 Å². The van der Waals surface area contributed by atoms with Gasteiger partial charge >= 0.3 is 5.97 Å². The second-order valence-electron chi connectivity index (χ2n) is 3.98. The van der Waals surface area contributed by atoms with Crippen LogP contribution in [-0.2, 0) is 4.79 Å². The van der Waals surface area contributed by atoms with Crippen molar-refractivity contribution >= 4 is 11.7 Å². The predicted molar refractivity (Wildman–Crippen MR) is 66.8 cm³/mol. The molecule has 2 aromatic rings. The summed E-state index contributed by atoms with van der Waals surface area (Å²) in [6.07, 6.45) is 0. The van der Waals surface area contributed by atoms with Crippen molar-refractivity contribution in [3.63, 3.8) is 0 Å². The second kappa shape index (κ2) is 5.48. The first-order valence-electron chi connectivity index (χ1n) is 5.56. The van der Waals surface area contributed by atoms with Gasteiger partial charge in [0.1, 0.15) is 11.6 Å². The van der Waals surface area contributed by atoms with Crippen molar-refractivity contribution in [3.8, 4) is 0 Å². The molecule has 0 fully saturated rings. The van der Waals surface area contributed by atoms with Crippen LogP contribution in [-0.4, -0.2) is 11.1 Å². The fourth-order valence-corrected chi connectivity index (χ4v) is 1.69. The Labute approximate surface area is 108 Å². The average Bonchev–Trinajstić information content (AvgIpc) is 2.37. The number of anilines is 1. The number of carboxylic acids is 1. The van der Waals surface area contributed by atoms with Gasteiger partial charge in [-0.1, -0.05) is 12.1 Å². The minimum atomic E-state index is -1.14. The van der Waals surface area contributed by atoms with Gasteiger partial charge in [-0.3, -0.25) is 0 Å². The number of halogens is 2. The first kappa shape index (κ1) is 13.0. The molecule has 2 N–H and O–H groups in total. The molecule has 0 aliphatic carbocycles. The van der Waals surface area contributed by atoms with Gasteiger partial charge in [0.25, 0.3) is 0 Å². The van der Waals surface area contributed by atoms with E-state index in [4.69, 9.17) is 0 Å². The van der Waals surface area contributed by atoms with Crippen LogP contribution in [0.5, 0.6) is 0 Å². The lowest BCUT2D eigenvalue weighted by Gasteiger charge is -2.16. The van der Waals surface area contributed by atoms with Gasteiger partial charge < -0.3 is 10.4 Å². The molecule has 2 aromatic carbocycles. The fraction of sp³-hybridized carbons (Fsp3) is 0.0714. The number of hydrogen-bond donors (Lipinski definition) is 2. The quantitative estimate of drug-likeness (QED) is 0.890.